The summed E-state index contributed by atoms with van der Waals surface area (Å²) in [5.41, 5.74) is 7.27. The second kappa shape index (κ2) is 5.83. The number of benzene rings is 2. The van der Waals surface area contributed by atoms with E-state index in [1.807, 2.05) is 6.07 Å². The van der Waals surface area contributed by atoms with Crippen LogP contribution < -0.4 is 11.1 Å². The normalized spacial score (nSPS) is 10.0. The number of hydrogen-bond acceptors (Lipinski definition) is 4. The van der Waals surface area contributed by atoms with Crippen LogP contribution >= 0.6 is 0 Å². The van der Waals surface area contributed by atoms with Crippen LogP contribution in [0.2, 0.25) is 0 Å². The Kier molecular flexibility index (Phi) is 3.95. The maximum absolute atomic E-state index is 11.9. The summed E-state index contributed by atoms with van der Waals surface area (Å²) in [6.07, 6.45) is 0. The number of anilines is 1. The van der Waals surface area contributed by atoms with Crippen LogP contribution in [0, 0.1) is 10.1 Å². The zero-order chi connectivity index (χ0) is 14.5. The maximum atomic E-state index is 11.9. The molecule has 6 nitrogen and oxygen atoms in total. The smallest absolute Gasteiger partial charge is 0.270 e. The highest BCUT2D eigenvalue weighted by atomic mass is 16.6. The van der Waals surface area contributed by atoms with Gasteiger partial charge < -0.3 is 11.1 Å². The van der Waals surface area contributed by atoms with Crippen molar-refractivity contribution in [2.75, 3.05) is 5.73 Å². The molecule has 0 aliphatic heterocycles. The molecule has 0 fully saturated rings. The van der Waals surface area contributed by atoms with Crippen LogP contribution in [0.3, 0.4) is 0 Å². The fourth-order valence-corrected chi connectivity index (χ4v) is 1.75. The van der Waals surface area contributed by atoms with E-state index in [0.29, 0.717) is 12.2 Å². The molecule has 0 aromatic heterocycles. The fourth-order valence-electron chi connectivity index (χ4n) is 1.75. The van der Waals surface area contributed by atoms with Crippen molar-refractivity contribution in [3.05, 3.63) is 69.8 Å². The number of carbonyl (C=O) groups is 1. The first-order valence-electron chi connectivity index (χ1n) is 5.93. The molecule has 0 unspecified atom stereocenters. The molecule has 20 heavy (non-hydrogen) atoms. The number of amides is 1. The molecule has 0 bridgehead atoms. The number of nitro benzene ring substituents is 1. The third-order valence-corrected chi connectivity index (χ3v) is 2.72. The molecule has 6 heteroatoms. The molecule has 3 N–H and O–H groups in total. The van der Waals surface area contributed by atoms with Gasteiger partial charge in [0.15, 0.2) is 0 Å². The Morgan fingerprint density at radius 3 is 2.65 bits per heavy atom. The standard InChI is InChI=1S/C14H13N3O3/c15-12-5-1-3-10(7-12)9-16-14(18)11-4-2-6-13(8-11)17(19)20/h1-8H,9,15H2,(H,16,18). The predicted octanol–water partition coefficient (Wildman–Crippen LogP) is 2.11. The molecule has 0 spiro atoms. The lowest BCUT2D eigenvalue weighted by Crippen LogP contribution is -2.22. The lowest BCUT2D eigenvalue weighted by Gasteiger charge is -2.06. The molecule has 2 rings (SSSR count). The zero-order valence-electron chi connectivity index (χ0n) is 10.6. The van der Waals surface area contributed by atoms with Crippen molar-refractivity contribution in [3.63, 3.8) is 0 Å². The van der Waals surface area contributed by atoms with Gasteiger partial charge in [-0.2, -0.15) is 0 Å². The van der Waals surface area contributed by atoms with Crippen molar-refractivity contribution >= 4 is 17.3 Å². The minimum atomic E-state index is -0.533. The summed E-state index contributed by atoms with van der Waals surface area (Å²) in [6.45, 7) is 0.312. The third kappa shape index (κ3) is 3.32. The fraction of sp³-hybridized carbons (Fsp3) is 0.0714. The van der Waals surface area contributed by atoms with Crippen molar-refractivity contribution in [1.82, 2.24) is 5.32 Å². The molecular weight excluding hydrogens is 258 g/mol. The van der Waals surface area contributed by atoms with E-state index in [4.69, 9.17) is 5.73 Å². The van der Waals surface area contributed by atoms with E-state index in [1.165, 1.54) is 24.3 Å². The number of carbonyl (C=O) groups excluding carboxylic acids is 1. The van der Waals surface area contributed by atoms with Crippen LogP contribution in [-0.2, 0) is 6.54 Å². The van der Waals surface area contributed by atoms with Gasteiger partial charge in [0.2, 0.25) is 0 Å². The molecule has 102 valence electrons. The van der Waals surface area contributed by atoms with Crippen LogP contribution in [0.5, 0.6) is 0 Å². The minimum absolute atomic E-state index is 0.110. The van der Waals surface area contributed by atoms with Crippen LogP contribution in [0.15, 0.2) is 48.5 Å². The van der Waals surface area contributed by atoms with Gasteiger partial charge in [0.05, 0.1) is 4.92 Å². The van der Waals surface area contributed by atoms with Gasteiger partial charge in [-0.1, -0.05) is 18.2 Å². The molecular formula is C14H13N3O3. The number of nitrogen functional groups attached to an aromatic ring is 1. The number of nitrogens with zero attached hydrogens (tertiary/aromatic N) is 1. The zero-order valence-corrected chi connectivity index (χ0v) is 10.6. The van der Waals surface area contributed by atoms with E-state index in [2.05, 4.69) is 5.32 Å². The first-order valence-corrected chi connectivity index (χ1v) is 5.93. The largest absolute Gasteiger partial charge is 0.399 e. The van der Waals surface area contributed by atoms with E-state index >= 15 is 0 Å². The van der Waals surface area contributed by atoms with Gasteiger partial charge in [0.25, 0.3) is 11.6 Å². The molecule has 2 aromatic carbocycles. The summed E-state index contributed by atoms with van der Waals surface area (Å²) in [7, 11) is 0. The van der Waals surface area contributed by atoms with Gasteiger partial charge >= 0.3 is 0 Å². The van der Waals surface area contributed by atoms with E-state index < -0.39 is 4.92 Å². The summed E-state index contributed by atoms with van der Waals surface area (Å²) >= 11 is 0. The van der Waals surface area contributed by atoms with Crippen molar-refractivity contribution < 1.29 is 9.72 Å². The molecule has 0 saturated heterocycles. The maximum Gasteiger partial charge on any atom is 0.270 e. The van der Waals surface area contributed by atoms with Gasteiger partial charge in [-0.05, 0) is 23.8 Å². The van der Waals surface area contributed by atoms with Gasteiger partial charge in [-0.15, -0.1) is 0 Å². The van der Waals surface area contributed by atoms with Crippen molar-refractivity contribution in [2.45, 2.75) is 6.54 Å². The summed E-state index contributed by atoms with van der Waals surface area (Å²) in [4.78, 5) is 22.0. The highest BCUT2D eigenvalue weighted by Crippen LogP contribution is 2.13. The molecule has 0 aliphatic rings. The predicted molar refractivity (Wildman–Crippen MR) is 75.1 cm³/mol. The van der Waals surface area contributed by atoms with Crippen LogP contribution in [0.25, 0.3) is 0 Å². The molecule has 0 saturated carbocycles. The van der Waals surface area contributed by atoms with Crippen LogP contribution in [-0.4, -0.2) is 10.8 Å². The van der Waals surface area contributed by atoms with Gasteiger partial charge in [0.1, 0.15) is 0 Å². The molecule has 0 heterocycles. The summed E-state index contributed by atoms with van der Waals surface area (Å²) < 4.78 is 0. The summed E-state index contributed by atoms with van der Waals surface area (Å²) in [5.74, 6) is -0.365. The number of nitrogens with two attached hydrogens (primary N) is 1. The quantitative estimate of drug-likeness (QED) is 0.505. The Balaban J connectivity index is 2.05. The molecule has 1 amide bonds. The monoisotopic (exact) mass is 271 g/mol. The Morgan fingerprint density at radius 1 is 1.20 bits per heavy atom. The van der Waals surface area contributed by atoms with E-state index in [0.717, 1.165) is 5.56 Å². The summed E-state index contributed by atoms with van der Waals surface area (Å²) in [5, 5.41) is 13.3. The average Bonchev–Trinajstić information content (AvgIpc) is 2.45. The van der Waals surface area contributed by atoms with Crippen molar-refractivity contribution in [1.29, 1.82) is 0 Å². The Labute approximate surface area is 115 Å². The third-order valence-electron chi connectivity index (χ3n) is 2.72. The number of non-ortho nitro benzene ring substituents is 1. The van der Waals surface area contributed by atoms with E-state index in [-0.39, 0.29) is 17.2 Å². The molecule has 0 atom stereocenters. The second-order valence-corrected chi connectivity index (χ2v) is 4.24. The Hall–Kier alpha value is -2.89. The lowest BCUT2D eigenvalue weighted by atomic mass is 10.1. The molecule has 0 radical (unpaired) electrons. The minimum Gasteiger partial charge on any atom is -0.399 e. The number of hydrogen-bond donors (Lipinski definition) is 2. The number of rotatable bonds is 4. The van der Waals surface area contributed by atoms with Gasteiger partial charge in [-0.25, -0.2) is 0 Å². The number of nitrogens with one attached hydrogen (secondary N) is 1. The highest BCUT2D eigenvalue weighted by Gasteiger charge is 2.11. The Morgan fingerprint density at radius 2 is 1.95 bits per heavy atom. The van der Waals surface area contributed by atoms with Crippen LogP contribution in [0.1, 0.15) is 15.9 Å². The first-order chi connectivity index (χ1) is 9.56. The first kappa shape index (κ1) is 13.5. The second-order valence-electron chi connectivity index (χ2n) is 4.24. The molecule has 2 aromatic rings. The highest BCUT2D eigenvalue weighted by molar-refractivity contribution is 5.94. The molecule has 0 aliphatic carbocycles. The van der Waals surface area contributed by atoms with Gasteiger partial charge in [-0.3, -0.25) is 14.9 Å². The average molecular weight is 271 g/mol. The van der Waals surface area contributed by atoms with Crippen molar-refractivity contribution in [2.24, 2.45) is 0 Å². The number of nitro groups is 1. The van der Waals surface area contributed by atoms with E-state index in [9.17, 15) is 14.9 Å². The summed E-state index contributed by atoms with van der Waals surface area (Å²) in [6, 6.07) is 12.7. The topological polar surface area (TPSA) is 98.3 Å². The van der Waals surface area contributed by atoms with Crippen LogP contribution in [0.4, 0.5) is 11.4 Å². The van der Waals surface area contributed by atoms with E-state index in [1.54, 1.807) is 18.2 Å². The lowest BCUT2D eigenvalue weighted by molar-refractivity contribution is -0.384. The van der Waals surface area contributed by atoms with Crippen molar-refractivity contribution in [3.8, 4) is 0 Å². The SMILES string of the molecule is Nc1cccc(CNC(=O)c2cccc([N+](=O)[O-])c2)c1. The van der Waals surface area contributed by atoms with Gasteiger partial charge in [0, 0.05) is 29.9 Å². The Bertz CT molecular complexity index is 656.